The molecule has 0 bridgehead atoms. The Morgan fingerprint density at radius 2 is 2.07 bits per heavy atom. The monoisotopic (exact) mass is 430 g/mol. The second kappa shape index (κ2) is 11.6. The molecule has 3 N–H and O–H groups in total. The third kappa shape index (κ3) is 8.34. The van der Waals surface area contributed by atoms with E-state index in [1.807, 2.05) is 38.1 Å². The Labute approximate surface area is 173 Å². The van der Waals surface area contributed by atoms with Crippen molar-refractivity contribution >= 4 is 27.6 Å². The number of halogens is 1. The van der Waals surface area contributed by atoms with E-state index in [1.165, 1.54) is 0 Å². The number of aliphatic imine (C=N–C) groups is 1. The molecule has 7 nitrogen and oxygen atoms in total. The zero-order valence-corrected chi connectivity index (χ0v) is 18.2. The molecule has 0 radical (unpaired) electrons. The molecular weight excluding hydrogens is 400 g/mol. The van der Waals surface area contributed by atoms with Crippen LogP contribution in [-0.4, -0.2) is 52.5 Å². The molecular formula is C19H31ClN4O3S. The SMILES string of the molecule is CCNC(=NCCS(=O)(=O)NCC1CCCCO1)NC(C)c1ccc(Cl)cc1. The van der Waals surface area contributed by atoms with E-state index in [0.29, 0.717) is 30.7 Å². The summed E-state index contributed by atoms with van der Waals surface area (Å²) in [6.45, 7) is 5.87. The van der Waals surface area contributed by atoms with Crippen molar-refractivity contribution < 1.29 is 13.2 Å². The number of sulfonamides is 1. The van der Waals surface area contributed by atoms with Crippen LogP contribution in [0.1, 0.15) is 44.7 Å². The Bertz CT molecular complexity index is 719. The van der Waals surface area contributed by atoms with Crippen molar-refractivity contribution in [1.82, 2.24) is 15.4 Å². The van der Waals surface area contributed by atoms with E-state index in [9.17, 15) is 8.42 Å². The van der Waals surface area contributed by atoms with E-state index in [-0.39, 0.29) is 24.4 Å². The quantitative estimate of drug-likeness (QED) is 0.413. The van der Waals surface area contributed by atoms with E-state index in [2.05, 4.69) is 20.3 Å². The molecule has 0 amide bonds. The Morgan fingerprint density at radius 1 is 1.32 bits per heavy atom. The molecule has 0 saturated carbocycles. The van der Waals surface area contributed by atoms with E-state index in [0.717, 1.165) is 24.8 Å². The predicted molar refractivity (Wildman–Crippen MR) is 114 cm³/mol. The van der Waals surface area contributed by atoms with Crippen molar-refractivity contribution in [3.63, 3.8) is 0 Å². The molecule has 2 rings (SSSR count). The van der Waals surface area contributed by atoms with Gasteiger partial charge in [0.25, 0.3) is 0 Å². The number of hydrogen-bond acceptors (Lipinski definition) is 4. The molecule has 0 spiro atoms. The summed E-state index contributed by atoms with van der Waals surface area (Å²) < 4.78 is 32.6. The first-order valence-corrected chi connectivity index (χ1v) is 11.8. The van der Waals surface area contributed by atoms with Crippen molar-refractivity contribution in [2.75, 3.05) is 32.0 Å². The fourth-order valence-corrected chi connectivity index (χ4v) is 3.94. The smallest absolute Gasteiger partial charge is 0.213 e. The third-order valence-electron chi connectivity index (χ3n) is 4.50. The summed E-state index contributed by atoms with van der Waals surface area (Å²) in [5.41, 5.74) is 1.07. The van der Waals surface area contributed by atoms with Gasteiger partial charge < -0.3 is 15.4 Å². The lowest BCUT2D eigenvalue weighted by Crippen LogP contribution is -2.40. The second-order valence-corrected chi connectivity index (χ2v) is 9.20. The molecule has 1 aromatic rings. The Hall–Kier alpha value is -1.35. The number of nitrogens with zero attached hydrogens (tertiary/aromatic N) is 1. The molecule has 1 fully saturated rings. The van der Waals surface area contributed by atoms with Gasteiger partial charge in [-0.2, -0.15) is 0 Å². The van der Waals surface area contributed by atoms with Crippen molar-refractivity contribution in [1.29, 1.82) is 0 Å². The summed E-state index contributed by atoms with van der Waals surface area (Å²) in [5, 5.41) is 7.11. The molecule has 1 heterocycles. The van der Waals surface area contributed by atoms with Crippen LogP contribution < -0.4 is 15.4 Å². The average molecular weight is 431 g/mol. The van der Waals surface area contributed by atoms with Crippen LogP contribution >= 0.6 is 11.6 Å². The summed E-state index contributed by atoms with van der Waals surface area (Å²) >= 11 is 5.93. The van der Waals surface area contributed by atoms with E-state index in [4.69, 9.17) is 16.3 Å². The van der Waals surface area contributed by atoms with Gasteiger partial charge in [0.05, 0.1) is 24.4 Å². The summed E-state index contributed by atoms with van der Waals surface area (Å²) in [7, 11) is -3.38. The van der Waals surface area contributed by atoms with Gasteiger partial charge in [0.1, 0.15) is 0 Å². The number of guanidine groups is 1. The molecule has 158 valence electrons. The molecule has 1 saturated heterocycles. The van der Waals surface area contributed by atoms with Crippen LogP contribution in [0, 0.1) is 0 Å². The van der Waals surface area contributed by atoms with Crippen molar-refractivity contribution in [3.8, 4) is 0 Å². The van der Waals surface area contributed by atoms with Crippen LogP contribution in [0.25, 0.3) is 0 Å². The number of hydrogen-bond donors (Lipinski definition) is 3. The van der Waals surface area contributed by atoms with Crippen LogP contribution in [0.2, 0.25) is 5.02 Å². The summed E-state index contributed by atoms with van der Waals surface area (Å²) in [6, 6.07) is 7.59. The summed E-state index contributed by atoms with van der Waals surface area (Å²) in [5.74, 6) is 0.516. The maximum atomic E-state index is 12.2. The van der Waals surface area contributed by atoms with Crippen LogP contribution in [0.15, 0.2) is 29.3 Å². The van der Waals surface area contributed by atoms with Gasteiger partial charge in [-0.1, -0.05) is 23.7 Å². The first-order valence-electron chi connectivity index (χ1n) is 9.79. The minimum Gasteiger partial charge on any atom is -0.377 e. The lowest BCUT2D eigenvalue weighted by atomic mass is 10.1. The van der Waals surface area contributed by atoms with Crippen molar-refractivity contribution in [2.45, 2.75) is 45.3 Å². The Balaban J connectivity index is 1.84. The van der Waals surface area contributed by atoms with Gasteiger partial charge in [0.2, 0.25) is 10.0 Å². The second-order valence-electron chi connectivity index (χ2n) is 6.83. The fraction of sp³-hybridized carbons (Fsp3) is 0.632. The van der Waals surface area contributed by atoms with Crippen LogP contribution in [0.3, 0.4) is 0 Å². The maximum absolute atomic E-state index is 12.2. The summed E-state index contributed by atoms with van der Waals surface area (Å²) in [6.07, 6.45) is 3.01. The van der Waals surface area contributed by atoms with Gasteiger partial charge in [-0.3, -0.25) is 4.99 Å². The largest absolute Gasteiger partial charge is 0.377 e. The average Bonchev–Trinajstić information content (AvgIpc) is 2.68. The lowest BCUT2D eigenvalue weighted by molar-refractivity contribution is 0.0200. The number of ether oxygens (including phenoxy) is 1. The molecule has 0 aromatic heterocycles. The molecule has 1 aliphatic rings. The number of benzene rings is 1. The molecule has 2 unspecified atom stereocenters. The maximum Gasteiger partial charge on any atom is 0.213 e. The third-order valence-corrected chi connectivity index (χ3v) is 6.08. The standard InChI is InChI=1S/C19H31ClN4O3S/c1-3-21-19(24-15(2)16-7-9-17(20)10-8-16)22-11-13-28(25,26)23-14-18-6-4-5-12-27-18/h7-10,15,18,23H,3-6,11-14H2,1-2H3,(H2,21,22,24). The zero-order valence-electron chi connectivity index (χ0n) is 16.6. The van der Waals surface area contributed by atoms with Gasteiger partial charge >= 0.3 is 0 Å². The Kier molecular flexibility index (Phi) is 9.50. The van der Waals surface area contributed by atoms with E-state index >= 15 is 0 Å². The van der Waals surface area contributed by atoms with E-state index < -0.39 is 10.0 Å². The Morgan fingerprint density at radius 3 is 2.71 bits per heavy atom. The van der Waals surface area contributed by atoms with E-state index in [1.54, 1.807) is 0 Å². The highest BCUT2D eigenvalue weighted by atomic mass is 35.5. The normalized spacial score (nSPS) is 19.2. The van der Waals surface area contributed by atoms with Gasteiger partial charge in [0, 0.05) is 24.7 Å². The van der Waals surface area contributed by atoms with Crippen molar-refractivity contribution in [2.24, 2.45) is 4.99 Å². The van der Waals surface area contributed by atoms with Gasteiger partial charge in [-0.05, 0) is 50.8 Å². The first-order chi connectivity index (χ1) is 13.4. The van der Waals surface area contributed by atoms with Crippen molar-refractivity contribution in [3.05, 3.63) is 34.9 Å². The van der Waals surface area contributed by atoms with Crippen LogP contribution in [0.5, 0.6) is 0 Å². The highest BCUT2D eigenvalue weighted by Crippen LogP contribution is 2.16. The molecule has 1 aromatic carbocycles. The first kappa shape index (κ1) is 22.9. The lowest BCUT2D eigenvalue weighted by Gasteiger charge is -2.22. The molecule has 2 atom stereocenters. The summed E-state index contributed by atoms with van der Waals surface area (Å²) in [4.78, 5) is 4.39. The molecule has 1 aliphatic heterocycles. The van der Waals surface area contributed by atoms with Gasteiger partial charge in [-0.15, -0.1) is 0 Å². The molecule has 0 aliphatic carbocycles. The number of rotatable bonds is 9. The van der Waals surface area contributed by atoms with Crippen LogP contribution in [0.4, 0.5) is 0 Å². The highest BCUT2D eigenvalue weighted by Gasteiger charge is 2.17. The highest BCUT2D eigenvalue weighted by molar-refractivity contribution is 7.89. The predicted octanol–water partition coefficient (Wildman–Crippen LogP) is 2.44. The molecule has 9 heteroatoms. The minimum atomic E-state index is -3.38. The molecule has 28 heavy (non-hydrogen) atoms. The fourth-order valence-electron chi connectivity index (χ4n) is 2.90. The topological polar surface area (TPSA) is 91.8 Å². The van der Waals surface area contributed by atoms with Gasteiger partial charge in [0.15, 0.2) is 5.96 Å². The van der Waals surface area contributed by atoms with Crippen LogP contribution in [-0.2, 0) is 14.8 Å². The zero-order chi connectivity index (χ0) is 20.4. The minimum absolute atomic E-state index is 0.00764. The van der Waals surface area contributed by atoms with Gasteiger partial charge in [-0.25, -0.2) is 13.1 Å². The number of nitrogens with one attached hydrogen (secondary N) is 3.